The first-order valence-corrected chi connectivity index (χ1v) is 13.0. The van der Waals surface area contributed by atoms with Gasteiger partial charge in [0, 0.05) is 13.2 Å². The predicted octanol–water partition coefficient (Wildman–Crippen LogP) is 3.73. The number of aromatic nitrogens is 5. The summed E-state index contributed by atoms with van der Waals surface area (Å²) in [6, 6.07) is 11.6. The molecule has 208 valence electrons. The van der Waals surface area contributed by atoms with Crippen molar-refractivity contribution in [2.45, 2.75) is 45.7 Å². The Morgan fingerprint density at radius 1 is 1.05 bits per heavy atom. The molecule has 0 saturated carbocycles. The Morgan fingerprint density at radius 3 is 2.40 bits per heavy atom. The summed E-state index contributed by atoms with van der Waals surface area (Å²) in [5, 5.41) is 14.0. The number of halogens is 1. The van der Waals surface area contributed by atoms with Crippen molar-refractivity contribution in [2.75, 3.05) is 12.4 Å². The molecule has 2 N–H and O–H groups in total. The van der Waals surface area contributed by atoms with Crippen LogP contribution in [0.2, 0.25) is 5.02 Å². The van der Waals surface area contributed by atoms with Gasteiger partial charge >= 0.3 is 0 Å². The molecule has 1 amide bonds. The summed E-state index contributed by atoms with van der Waals surface area (Å²) < 4.78 is 7.10. The van der Waals surface area contributed by atoms with Crippen LogP contribution in [-0.4, -0.2) is 49.5 Å². The van der Waals surface area contributed by atoms with Gasteiger partial charge in [0.25, 0.3) is 11.4 Å². The molecule has 0 unspecified atom stereocenters. The number of hydrogen-bond donors (Lipinski definition) is 2. The lowest BCUT2D eigenvalue weighted by Gasteiger charge is -2.21. The quantitative estimate of drug-likeness (QED) is 0.276. The summed E-state index contributed by atoms with van der Waals surface area (Å²) in [6.45, 7) is 6.91. The molecule has 0 aliphatic carbocycles. The lowest BCUT2D eigenvalue weighted by molar-refractivity contribution is -0.122. The minimum Gasteiger partial charge on any atom is -0.417 e. The van der Waals surface area contributed by atoms with Crippen LogP contribution in [0.15, 0.2) is 64.1 Å². The third kappa shape index (κ3) is 5.94. The van der Waals surface area contributed by atoms with Crippen LogP contribution >= 0.6 is 11.6 Å². The van der Waals surface area contributed by atoms with Gasteiger partial charge in [-0.1, -0.05) is 55.8 Å². The Hall–Kier alpha value is -4.38. The minimum atomic E-state index is -0.973. The molecule has 1 atom stereocenters. The van der Waals surface area contributed by atoms with Gasteiger partial charge in [0.15, 0.2) is 5.82 Å². The zero-order chi connectivity index (χ0) is 29.0. The van der Waals surface area contributed by atoms with Crippen LogP contribution in [0.25, 0.3) is 11.3 Å². The van der Waals surface area contributed by atoms with E-state index in [0.29, 0.717) is 16.4 Å². The number of ketones is 1. The second kappa shape index (κ2) is 11.8. The Bertz CT molecular complexity index is 1560. The molecule has 0 aliphatic rings. The average Bonchev–Trinajstić information content (AvgIpc) is 3.44. The van der Waals surface area contributed by atoms with E-state index in [2.05, 4.69) is 30.8 Å². The summed E-state index contributed by atoms with van der Waals surface area (Å²) >= 11 is 5.96. The number of benzene rings is 1. The number of nitrogens with zero attached hydrogens (tertiary/aromatic N) is 5. The van der Waals surface area contributed by atoms with E-state index >= 15 is 0 Å². The fourth-order valence-electron chi connectivity index (χ4n) is 4.12. The number of carbonyl (C=O) groups excluding carboxylic acids is 2. The van der Waals surface area contributed by atoms with Crippen molar-refractivity contribution in [3.05, 3.63) is 87.7 Å². The topological polar surface area (TPSA) is 145 Å². The van der Waals surface area contributed by atoms with Crippen LogP contribution in [-0.2, 0) is 16.8 Å². The van der Waals surface area contributed by atoms with Crippen LogP contribution in [0.4, 0.5) is 5.82 Å². The Morgan fingerprint density at radius 2 is 1.77 bits per heavy atom. The number of hydrogen-bond acceptors (Lipinski definition) is 9. The van der Waals surface area contributed by atoms with Gasteiger partial charge in [-0.2, -0.15) is 0 Å². The van der Waals surface area contributed by atoms with E-state index < -0.39 is 28.7 Å². The van der Waals surface area contributed by atoms with E-state index in [9.17, 15) is 14.4 Å². The Kier molecular flexibility index (Phi) is 8.43. The fraction of sp³-hybridized carbons (Fsp3) is 0.321. The van der Waals surface area contributed by atoms with Crippen molar-refractivity contribution >= 4 is 29.1 Å². The maximum Gasteiger partial charge on any atom is 0.294 e. The molecule has 0 spiro atoms. The van der Waals surface area contributed by atoms with Gasteiger partial charge in [-0.15, -0.1) is 10.2 Å². The highest BCUT2D eigenvalue weighted by molar-refractivity contribution is 6.30. The van der Waals surface area contributed by atoms with Crippen molar-refractivity contribution < 1.29 is 14.0 Å². The number of Topliss-reactive ketones (excluding diaryl/α,β-unsaturated/α-hetero) is 1. The van der Waals surface area contributed by atoms with Gasteiger partial charge in [0.2, 0.25) is 17.6 Å². The first kappa shape index (κ1) is 28.6. The van der Waals surface area contributed by atoms with E-state index in [1.165, 1.54) is 17.0 Å². The molecule has 0 radical (unpaired) electrons. The lowest BCUT2D eigenvalue weighted by atomic mass is 9.89. The standard InChI is InChI=1S/C28H30ClN7O4/c1-16(2)22(23(38)25-34-35-27(40-25)28(3,4)20-12-11-18(29)13-31-20)33-21(37)15-36-19(17-9-7-6-8-10-17)14-32-24(30-5)26(36)39/h6-14,16,22H,15H2,1-5H3,(H,30,32)(H,33,37)/t22-/m1/s1. The first-order valence-electron chi connectivity index (χ1n) is 12.7. The summed E-state index contributed by atoms with van der Waals surface area (Å²) in [6.07, 6.45) is 3.04. The Labute approximate surface area is 236 Å². The molecule has 0 saturated heterocycles. The van der Waals surface area contributed by atoms with Crippen LogP contribution in [0.1, 0.15) is 50.0 Å². The third-order valence-corrected chi connectivity index (χ3v) is 6.69. The van der Waals surface area contributed by atoms with Crippen LogP contribution in [0.5, 0.6) is 0 Å². The SMILES string of the molecule is CNc1ncc(-c2ccccc2)n(CC(=O)N[C@@H](C(=O)c2nnc(C(C)(C)c3ccc(Cl)cn3)o2)C(C)C)c1=O. The van der Waals surface area contributed by atoms with Crippen LogP contribution in [0, 0.1) is 5.92 Å². The molecular weight excluding hydrogens is 534 g/mol. The van der Waals surface area contributed by atoms with Crippen molar-refractivity contribution in [3.63, 3.8) is 0 Å². The monoisotopic (exact) mass is 563 g/mol. The molecule has 1 aromatic carbocycles. The minimum absolute atomic E-state index is 0.0974. The van der Waals surface area contributed by atoms with Crippen LogP contribution in [0.3, 0.4) is 0 Å². The highest BCUT2D eigenvalue weighted by Gasteiger charge is 2.35. The van der Waals surface area contributed by atoms with Crippen molar-refractivity contribution in [2.24, 2.45) is 5.92 Å². The van der Waals surface area contributed by atoms with Crippen molar-refractivity contribution in [1.29, 1.82) is 0 Å². The first-order chi connectivity index (χ1) is 19.0. The van der Waals surface area contributed by atoms with E-state index in [1.54, 1.807) is 33.0 Å². The zero-order valence-corrected chi connectivity index (χ0v) is 23.6. The summed E-state index contributed by atoms with van der Waals surface area (Å²) in [5.41, 5.74) is 0.549. The van der Waals surface area contributed by atoms with Crippen molar-refractivity contribution in [3.8, 4) is 11.3 Å². The maximum atomic E-state index is 13.4. The number of rotatable bonds is 10. The van der Waals surface area contributed by atoms with E-state index in [1.807, 2.05) is 44.2 Å². The molecular formula is C28H30ClN7O4. The average molecular weight is 564 g/mol. The summed E-state index contributed by atoms with van der Waals surface area (Å²) in [5.74, 6) is -1.34. The fourth-order valence-corrected chi connectivity index (χ4v) is 4.23. The van der Waals surface area contributed by atoms with E-state index in [0.717, 1.165) is 5.56 Å². The molecule has 0 bridgehead atoms. The van der Waals surface area contributed by atoms with Gasteiger partial charge in [0.1, 0.15) is 6.54 Å². The van der Waals surface area contributed by atoms with Crippen LogP contribution < -0.4 is 16.2 Å². The molecule has 12 heteroatoms. The normalized spacial score (nSPS) is 12.3. The largest absolute Gasteiger partial charge is 0.417 e. The second-order valence-corrected chi connectivity index (χ2v) is 10.5. The molecule has 4 aromatic rings. The van der Waals surface area contributed by atoms with Gasteiger partial charge < -0.3 is 15.1 Å². The molecule has 3 heterocycles. The van der Waals surface area contributed by atoms with E-state index in [-0.39, 0.29) is 30.1 Å². The summed E-state index contributed by atoms with van der Waals surface area (Å²) in [7, 11) is 1.58. The summed E-state index contributed by atoms with van der Waals surface area (Å²) in [4.78, 5) is 48.2. The number of amides is 1. The van der Waals surface area contributed by atoms with Crippen molar-refractivity contribution in [1.82, 2.24) is 30.0 Å². The molecule has 0 aliphatic heterocycles. The number of anilines is 1. The molecule has 4 rings (SSSR count). The molecule has 3 aromatic heterocycles. The third-order valence-electron chi connectivity index (χ3n) is 6.47. The number of nitrogens with one attached hydrogen (secondary N) is 2. The number of carbonyl (C=O) groups is 2. The number of pyridine rings is 1. The van der Waals surface area contributed by atoms with Gasteiger partial charge in [0.05, 0.1) is 34.1 Å². The maximum absolute atomic E-state index is 13.4. The highest BCUT2D eigenvalue weighted by atomic mass is 35.5. The smallest absolute Gasteiger partial charge is 0.294 e. The molecule has 0 fully saturated rings. The molecule has 11 nitrogen and oxygen atoms in total. The second-order valence-electron chi connectivity index (χ2n) is 10.1. The highest BCUT2D eigenvalue weighted by Crippen LogP contribution is 2.30. The van der Waals surface area contributed by atoms with Gasteiger partial charge in [-0.3, -0.25) is 23.9 Å². The zero-order valence-electron chi connectivity index (χ0n) is 22.8. The van der Waals surface area contributed by atoms with Gasteiger partial charge in [-0.25, -0.2) is 4.98 Å². The molecule has 40 heavy (non-hydrogen) atoms. The van der Waals surface area contributed by atoms with Gasteiger partial charge in [-0.05, 0) is 37.5 Å². The Balaban J connectivity index is 1.57. The predicted molar refractivity (Wildman–Crippen MR) is 150 cm³/mol. The van der Waals surface area contributed by atoms with E-state index in [4.69, 9.17) is 16.0 Å². The lowest BCUT2D eigenvalue weighted by Crippen LogP contribution is -2.46.